The Balaban J connectivity index is 2.06. The van der Waals surface area contributed by atoms with Crippen LogP contribution in [0.2, 0.25) is 0 Å². The Kier molecular flexibility index (Phi) is 4.82. The maximum absolute atomic E-state index is 12.2. The molecule has 102 valence electrons. The number of halogens is 1. The Labute approximate surface area is 120 Å². The van der Waals surface area contributed by atoms with Crippen LogP contribution in [0, 0.1) is 0 Å². The van der Waals surface area contributed by atoms with Crippen molar-refractivity contribution in [3.8, 4) is 0 Å². The van der Waals surface area contributed by atoms with Gasteiger partial charge in [0.05, 0.1) is 0 Å². The lowest BCUT2D eigenvalue weighted by atomic mass is 10.00. The van der Waals surface area contributed by atoms with Gasteiger partial charge in [0.1, 0.15) is 4.21 Å². The highest BCUT2D eigenvalue weighted by Gasteiger charge is 2.26. The van der Waals surface area contributed by atoms with Crippen molar-refractivity contribution in [3.05, 3.63) is 15.9 Å². The number of thiophene rings is 1. The van der Waals surface area contributed by atoms with E-state index in [4.69, 9.17) is 0 Å². The van der Waals surface area contributed by atoms with Gasteiger partial charge in [-0.1, -0.05) is 6.42 Å². The fraction of sp³-hybridized carbons (Fsp3) is 0.636. The van der Waals surface area contributed by atoms with E-state index in [1.54, 1.807) is 11.4 Å². The Hall–Kier alpha value is 0.0500. The Morgan fingerprint density at radius 3 is 2.89 bits per heavy atom. The third-order valence-electron chi connectivity index (χ3n) is 3.12. The van der Waals surface area contributed by atoms with Crippen molar-refractivity contribution in [2.75, 3.05) is 6.54 Å². The molecule has 0 spiro atoms. The number of piperidine rings is 1. The Morgan fingerprint density at radius 2 is 2.33 bits per heavy atom. The molecule has 0 saturated carbocycles. The van der Waals surface area contributed by atoms with Crippen molar-refractivity contribution in [2.24, 2.45) is 0 Å². The van der Waals surface area contributed by atoms with E-state index in [9.17, 15) is 8.42 Å². The second kappa shape index (κ2) is 6.00. The Bertz CT molecular complexity index is 495. The zero-order chi connectivity index (χ0) is 13.2. The molecule has 18 heavy (non-hydrogen) atoms. The molecule has 2 heterocycles. The molecular formula is C11H17BrN2O2S2. The topological polar surface area (TPSA) is 58.2 Å². The number of hydrogen-bond donors (Lipinski definition) is 2. The van der Waals surface area contributed by atoms with Crippen LogP contribution in [0.3, 0.4) is 0 Å². The van der Waals surface area contributed by atoms with Crippen LogP contribution in [-0.2, 0) is 10.0 Å². The molecule has 0 aliphatic carbocycles. The summed E-state index contributed by atoms with van der Waals surface area (Å²) in [7, 11) is -3.41. The van der Waals surface area contributed by atoms with Crippen LogP contribution in [0.15, 0.2) is 20.1 Å². The summed E-state index contributed by atoms with van der Waals surface area (Å²) < 4.78 is 28.2. The first-order valence-corrected chi connectivity index (χ1v) is 9.15. The lowest BCUT2D eigenvalue weighted by molar-refractivity contribution is 0.347. The predicted octanol–water partition coefficient (Wildman–Crippen LogP) is 2.32. The lowest BCUT2D eigenvalue weighted by Gasteiger charge is -2.29. The molecule has 1 saturated heterocycles. The quantitative estimate of drug-likeness (QED) is 0.874. The highest BCUT2D eigenvalue weighted by molar-refractivity contribution is 9.10. The van der Waals surface area contributed by atoms with Crippen molar-refractivity contribution in [1.82, 2.24) is 10.0 Å². The average molecular weight is 353 g/mol. The largest absolute Gasteiger partial charge is 0.312 e. The molecule has 7 heteroatoms. The average Bonchev–Trinajstić information content (AvgIpc) is 2.77. The minimum atomic E-state index is -3.41. The molecule has 1 fully saturated rings. The number of sulfonamides is 1. The van der Waals surface area contributed by atoms with Crippen molar-refractivity contribution in [3.63, 3.8) is 0 Å². The highest BCUT2D eigenvalue weighted by Crippen LogP contribution is 2.27. The molecule has 4 nitrogen and oxygen atoms in total. The number of nitrogens with one attached hydrogen (secondary N) is 2. The van der Waals surface area contributed by atoms with Crippen LogP contribution in [0.1, 0.15) is 26.2 Å². The third-order valence-corrected chi connectivity index (χ3v) is 7.35. The molecule has 2 atom stereocenters. The molecule has 2 rings (SSSR count). The second-order valence-electron chi connectivity index (χ2n) is 4.52. The molecule has 0 unspecified atom stereocenters. The van der Waals surface area contributed by atoms with Crippen LogP contribution in [0.25, 0.3) is 0 Å². The first-order valence-electron chi connectivity index (χ1n) is 5.99. The lowest BCUT2D eigenvalue weighted by Crippen LogP contribution is -2.49. The van der Waals surface area contributed by atoms with Crippen LogP contribution < -0.4 is 10.0 Å². The zero-order valence-electron chi connectivity index (χ0n) is 10.1. The molecule has 0 aromatic carbocycles. The molecule has 0 amide bonds. The van der Waals surface area contributed by atoms with Gasteiger partial charge in [0.15, 0.2) is 0 Å². The van der Waals surface area contributed by atoms with E-state index in [2.05, 4.69) is 26.0 Å². The first kappa shape index (κ1) is 14.5. The summed E-state index contributed by atoms with van der Waals surface area (Å²) in [6, 6.07) is 1.89. The molecule has 1 aliphatic heterocycles. The normalized spacial score (nSPS) is 22.9. The molecule has 2 N–H and O–H groups in total. The summed E-state index contributed by atoms with van der Waals surface area (Å²) in [6.07, 6.45) is 3.36. The summed E-state index contributed by atoms with van der Waals surface area (Å²) in [6.45, 7) is 2.89. The van der Waals surface area contributed by atoms with E-state index >= 15 is 0 Å². The maximum atomic E-state index is 12.2. The van der Waals surface area contributed by atoms with Crippen LogP contribution in [0.4, 0.5) is 0 Å². The predicted molar refractivity (Wildman–Crippen MR) is 77.4 cm³/mol. The molecular weight excluding hydrogens is 336 g/mol. The van der Waals surface area contributed by atoms with Gasteiger partial charge in [-0.05, 0) is 53.7 Å². The van der Waals surface area contributed by atoms with E-state index in [1.807, 2.05) is 6.92 Å². The van der Waals surface area contributed by atoms with Gasteiger partial charge >= 0.3 is 0 Å². The minimum Gasteiger partial charge on any atom is -0.312 e. The van der Waals surface area contributed by atoms with Gasteiger partial charge in [0.25, 0.3) is 10.0 Å². The maximum Gasteiger partial charge on any atom is 0.251 e. The van der Waals surface area contributed by atoms with Crippen molar-refractivity contribution in [1.29, 1.82) is 0 Å². The fourth-order valence-corrected chi connectivity index (χ4v) is 5.80. The second-order valence-corrected chi connectivity index (χ2v) is 8.20. The van der Waals surface area contributed by atoms with E-state index in [1.165, 1.54) is 17.8 Å². The molecule has 0 bridgehead atoms. The van der Waals surface area contributed by atoms with Gasteiger partial charge in [0, 0.05) is 16.6 Å². The SMILES string of the molecule is C[C@H](NS(=O)(=O)c1sccc1Br)[C@H]1CCCCN1. The van der Waals surface area contributed by atoms with Crippen molar-refractivity contribution >= 4 is 37.3 Å². The van der Waals surface area contributed by atoms with Gasteiger partial charge in [0.2, 0.25) is 0 Å². The molecule has 1 aromatic heterocycles. The zero-order valence-corrected chi connectivity index (χ0v) is 13.4. The summed E-state index contributed by atoms with van der Waals surface area (Å²) in [4.78, 5) is 0. The van der Waals surface area contributed by atoms with Gasteiger partial charge in [-0.15, -0.1) is 11.3 Å². The van der Waals surface area contributed by atoms with E-state index < -0.39 is 10.0 Å². The van der Waals surface area contributed by atoms with E-state index in [0.717, 1.165) is 19.4 Å². The van der Waals surface area contributed by atoms with Gasteiger partial charge in [-0.25, -0.2) is 13.1 Å². The van der Waals surface area contributed by atoms with E-state index in [-0.39, 0.29) is 12.1 Å². The third kappa shape index (κ3) is 3.33. The standard InChI is InChI=1S/C11H17BrN2O2S2/c1-8(10-4-2-3-6-13-10)14-18(15,16)11-9(12)5-7-17-11/h5,7-8,10,13-14H,2-4,6H2,1H3/t8-,10+/m0/s1. The summed E-state index contributed by atoms with van der Waals surface area (Å²) in [5.41, 5.74) is 0. The number of rotatable bonds is 4. The van der Waals surface area contributed by atoms with Gasteiger partial charge < -0.3 is 5.32 Å². The molecule has 1 aliphatic rings. The fourth-order valence-electron chi connectivity index (χ4n) is 2.16. The highest BCUT2D eigenvalue weighted by atomic mass is 79.9. The first-order chi connectivity index (χ1) is 8.50. The van der Waals surface area contributed by atoms with Crippen LogP contribution in [-0.4, -0.2) is 27.0 Å². The Morgan fingerprint density at radius 1 is 1.56 bits per heavy atom. The minimum absolute atomic E-state index is 0.0932. The number of hydrogen-bond acceptors (Lipinski definition) is 4. The monoisotopic (exact) mass is 352 g/mol. The smallest absolute Gasteiger partial charge is 0.251 e. The summed E-state index contributed by atoms with van der Waals surface area (Å²) in [5, 5.41) is 5.13. The van der Waals surface area contributed by atoms with Crippen LogP contribution >= 0.6 is 27.3 Å². The molecule has 0 radical (unpaired) electrons. The summed E-state index contributed by atoms with van der Waals surface area (Å²) in [5.74, 6) is 0. The van der Waals surface area contributed by atoms with E-state index in [0.29, 0.717) is 8.68 Å². The molecule has 1 aromatic rings. The van der Waals surface area contributed by atoms with Gasteiger partial charge in [-0.3, -0.25) is 0 Å². The van der Waals surface area contributed by atoms with Gasteiger partial charge in [-0.2, -0.15) is 0 Å². The van der Waals surface area contributed by atoms with Crippen molar-refractivity contribution < 1.29 is 8.42 Å². The van der Waals surface area contributed by atoms with Crippen LogP contribution in [0.5, 0.6) is 0 Å². The summed E-state index contributed by atoms with van der Waals surface area (Å²) >= 11 is 4.49. The van der Waals surface area contributed by atoms with Crippen molar-refractivity contribution in [2.45, 2.75) is 42.5 Å².